The monoisotopic (exact) mass is 186 g/mol. The molecule has 0 aliphatic rings. The van der Waals surface area contributed by atoms with E-state index in [1.807, 2.05) is 36.4 Å². The van der Waals surface area contributed by atoms with Crippen LogP contribution in [0.4, 0.5) is 0 Å². The summed E-state index contributed by atoms with van der Waals surface area (Å²) in [4.78, 5) is 8.97. The number of fused-ring (bicyclic) bond motifs is 1. The number of hydrogen-bond donors (Lipinski definition) is 0. The SMILES string of the molecule is CO/N=C/c1ccc2ccccc2n1. The summed E-state index contributed by atoms with van der Waals surface area (Å²) in [5, 5.41) is 4.79. The largest absolute Gasteiger partial charge is 0.399 e. The van der Waals surface area contributed by atoms with Crippen LogP contribution in [0.1, 0.15) is 5.69 Å². The van der Waals surface area contributed by atoms with Gasteiger partial charge in [0.25, 0.3) is 0 Å². The number of oxime groups is 1. The van der Waals surface area contributed by atoms with E-state index in [0.29, 0.717) is 0 Å². The van der Waals surface area contributed by atoms with E-state index in [-0.39, 0.29) is 0 Å². The normalized spacial score (nSPS) is 10.9. The smallest absolute Gasteiger partial charge is 0.106 e. The molecule has 0 aliphatic heterocycles. The standard InChI is InChI=1S/C11H10N2O/c1-14-12-8-10-7-6-9-4-2-3-5-11(9)13-10/h2-8H,1H3/b12-8+. The zero-order chi connectivity index (χ0) is 9.80. The van der Waals surface area contributed by atoms with E-state index in [4.69, 9.17) is 0 Å². The molecule has 0 unspecified atom stereocenters. The lowest BCUT2D eigenvalue weighted by Gasteiger charge is -1.97. The van der Waals surface area contributed by atoms with Gasteiger partial charge < -0.3 is 4.84 Å². The van der Waals surface area contributed by atoms with Crippen LogP contribution in [0.25, 0.3) is 10.9 Å². The summed E-state index contributed by atoms with van der Waals surface area (Å²) >= 11 is 0. The highest BCUT2D eigenvalue weighted by Crippen LogP contribution is 2.10. The van der Waals surface area contributed by atoms with Gasteiger partial charge in [0.05, 0.1) is 17.4 Å². The molecule has 0 amide bonds. The average Bonchev–Trinajstić information content (AvgIpc) is 2.26. The van der Waals surface area contributed by atoms with E-state index >= 15 is 0 Å². The van der Waals surface area contributed by atoms with Crippen molar-refractivity contribution in [3.8, 4) is 0 Å². The predicted octanol–water partition coefficient (Wildman–Crippen LogP) is 2.22. The van der Waals surface area contributed by atoms with Crippen molar-refractivity contribution >= 4 is 17.1 Å². The van der Waals surface area contributed by atoms with E-state index in [1.54, 1.807) is 6.21 Å². The summed E-state index contributed by atoms with van der Waals surface area (Å²) in [6.45, 7) is 0. The van der Waals surface area contributed by atoms with Crippen LogP contribution in [0.3, 0.4) is 0 Å². The third-order valence-electron chi connectivity index (χ3n) is 1.91. The second-order valence-corrected chi connectivity index (χ2v) is 2.85. The van der Waals surface area contributed by atoms with Gasteiger partial charge >= 0.3 is 0 Å². The molecule has 1 aromatic carbocycles. The fraction of sp³-hybridized carbons (Fsp3) is 0.0909. The number of rotatable bonds is 2. The van der Waals surface area contributed by atoms with Gasteiger partial charge in [-0.05, 0) is 12.1 Å². The quantitative estimate of drug-likeness (QED) is 0.532. The molecule has 0 N–H and O–H groups in total. The van der Waals surface area contributed by atoms with E-state index in [0.717, 1.165) is 16.6 Å². The van der Waals surface area contributed by atoms with Gasteiger partial charge in [-0.3, -0.25) is 0 Å². The molecule has 0 fully saturated rings. The maximum atomic E-state index is 4.59. The molecule has 0 saturated carbocycles. The molecule has 0 bridgehead atoms. The lowest BCUT2D eigenvalue weighted by atomic mass is 10.2. The van der Waals surface area contributed by atoms with Crippen molar-refractivity contribution in [2.45, 2.75) is 0 Å². The van der Waals surface area contributed by atoms with Crippen LogP contribution in [0.2, 0.25) is 0 Å². The minimum atomic E-state index is 0.797. The minimum absolute atomic E-state index is 0.797. The molecule has 2 rings (SSSR count). The first-order valence-corrected chi connectivity index (χ1v) is 4.32. The summed E-state index contributed by atoms with van der Waals surface area (Å²) in [6.07, 6.45) is 1.59. The van der Waals surface area contributed by atoms with E-state index < -0.39 is 0 Å². The lowest BCUT2D eigenvalue weighted by molar-refractivity contribution is 0.215. The predicted molar refractivity (Wildman–Crippen MR) is 56.3 cm³/mol. The van der Waals surface area contributed by atoms with Crippen molar-refractivity contribution in [1.82, 2.24) is 4.98 Å². The molecule has 3 nitrogen and oxygen atoms in total. The van der Waals surface area contributed by atoms with Crippen LogP contribution >= 0.6 is 0 Å². The van der Waals surface area contributed by atoms with Crippen LogP contribution in [0, 0.1) is 0 Å². The van der Waals surface area contributed by atoms with Crippen LogP contribution in [0.5, 0.6) is 0 Å². The van der Waals surface area contributed by atoms with Gasteiger partial charge in [-0.25, -0.2) is 4.98 Å². The molecular formula is C11H10N2O. The third-order valence-corrected chi connectivity index (χ3v) is 1.91. The zero-order valence-electron chi connectivity index (χ0n) is 7.84. The average molecular weight is 186 g/mol. The first-order chi connectivity index (χ1) is 6.90. The van der Waals surface area contributed by atoms with Crippen molar-refractivity contribution in [3.63, 3.8) is 0 Å². The number of nitrogens with zero attached hydrogens (tertiary/aromatic N) is 2. The highest BCUT2D eigenvalue weighted by molar-refractivity contribution is 5.84. The van der Waals surface area contributed by atoms with Crippen LogP contribution < -0.4 is 0 Å². The number of aromatic nitrogens is 1. The molecule has 1 heterocycles. The summed E-state index contributed by atoms with van der Waals surface area (Å²) in [6, 6.07) is 11.9. The fourth-order valence-corrected chi connectivity index (χ4v) is 1.26. The number of para-hydroxylation sites is 1. The van der Waals surface area contributed by atoms with Crippen LogP contribution in [0.15, 0.2) is 41.6 Å². The van der Waals surface area contributed by atoms with Crippen LogP contribution in [-0.2, 0) is 4.84 Å². The Morgan fingerprint density at radius 2 is 2.07 bits per heavy atom. The van der Waals surface area contributed by atoms with Crippen molar-refractivity contribution in [2.24, 2.45) is 5.16 Å². The van der Waals surface area contributed by atoms with Crippen molar-refractivity contribution in [1.29, 1.82) is 0 Å². The summed E-state index contributed by atoms with van der Waals surface area (Å²) < 4.78 is 0. The third kappa shape index (κ3) is 1.71. The van der Waals surface area contributed by atoms with Crippen molar-refractivity contribution in [3.05, 3.63) is 42.1 Å². The molecule has 70 valence electrons. The first-order valence-electron chi connectivity index (χ1n) is 4.32. The zero-order valence-corrected chi connectivity index (χ0v) is 7.84. The molecule has 1 aromatic heterocycles. The van der Waals surface area contributed by atoms with Crippen molar-refractivity contribution in [2.75, 3.05) is 7.11 Å². The van der Waals surface area contributed by atoms with Gasteiger partial charge in [-0.15, -0.1) is 0 Å². The van der Waals surface area contributed by atoms with Crippen LogP contribution in [-0.4, -0.2) is 18.3 Å². The topological polar surface area (TPSA) is 34.5 Å². The molecule has 14 heavy (non-hydrogen) atoms. The number of benzene rings is 1. The first kappa shape index (κ1) is 8.69. The van der Waals surface area contributed by atoms with E-state index in [9.17, 15) is 0 Å². The molecule has 0 spiro atoms. The Hall–Kier alpha value is -1.90. The van der Waals surface area contributed by atoms with E-state index in [2.05, 4.69) is 15.0 Å². The van der Waals surface area contributed by atoms with Crippen molar-refractivity contribution < 1.29 is 4.84 Å². The molecule has 0 saturated heterocycles. The van der Waals surface area contributed by atoms with Gasteiger partial charge in [0.15, 0.2) is 0 Å². The van der Waals surface area contributed by atoms with Gasteiger partial charge in [0.1, 0.15) is 7.11 Å². The fourth-order valence-electron chi connectivity index (χ4n) is 1.26. The van der Waals surface area contributed by atoms with E-state index in [1.165, 1.54) is 7.11 Å². The highest BCUT2D eigenvalue weighted by atomic mass is 16.6. The second-order valence-electron chi connectivity index (χ2n) is 2.85. The molecule has 2 aromatic rings. The van der Waals surface area contributed by atoms with Gasteiger partial charge in [0, 0.05) is 5.39 Å². The molecule has 0 atom stereocenters. The lowest BCUT2D eigenvalue weighted by Crippen LogP contribution is -1.88. The summed E-state index contributed by atoms with van der Waals surface area (Å²) in [5.74, 6) is 0. The Bertz CT molecular complexity index is 466. The Labute approximate surface area is 82.0 Å². The molecule has 0 aliphatic carbocycles. The Morgan fingerprint density at radius 3 is 2.93 bits per heavy atom. The summed E-state index contributed by atoms with van der Waals surface area (Å²) in [7, 11) is 1.51. The Kier molecular flexibility index (Phi) is 2.40. The maximum Gasteiger partial charge on any atom is 0.106 e. The van der Waals surface area contributed by atoms with Gasteiger partial charge in [0.2, 0.25) is 0 Å². The second kappa shape index (κ2) is 3.87. The van der Waals surface area contributed by atoms with Gasteiger partial charge in [-0.1, -0.05) is 29.4 Å². The summed E-state index contributed by atoms with van der Waals surface area (Å²) in [5.41, 5.74) is 1.76. The molecule has 3 heteroatoms. The number of hydrogen-bond acceptors (Lipinski definition) is 3. The van der Waals surface area contributed by atoms with Gasteiger partial charge in [-0.2, -0.15) is 0 Å². The maximum absolute atomic E-state index is 4.59. The highest BCUT2D eigenvalue weighted by Gasteiger charge is 1.94. The Balaban J connectivity index is 2.46. The minimum Gasteiger partial charge on any atom is -0.399 e. The Morgan fingerprint density at radius 1 is 1.21 bits per heavy atom. The molecule has 0 radical (unpaired) electrons. The molecular weight excluding hydrogens is 176 g/mol. The number of pyridine rings is 1.